The van der Waals surface area contributed by atoms with Crippen LogP contribution in [0.2, 0.25) is 0 Å². The number of rotatable bonds is 3. The molecule has 1 aliphatic carbocycles. The maximum atomic E-state index is 5.22. The zero-order valence-corrected chi connectivity index (χ0v) is 24.9. The average molecular weight is 475 g/mol. The fourth-order valence-corrected chi connectivity index (χ4v) is 3.46. The lowest BCUT2D eigenvalue weighted by Crippen LogP contribution is -2.20. The summed E-state index contributed by atoms with van der Waals surface area (Å²) in [5.41, 5.74) is 8.25. The van der Waals surface area contributed by atoms with Gasteiger partial charge in [-0.2, -0.15) is 0 Å². The number of benzene rings is 2. The lowest BCUT2D eigenvalue weighted by molar-refractivity contribution is 0.190. The second-order valence-corrected chi connectivity index (χ2v) is 11.1. The van der Waals surface area contributed by atoms with Crippen LogP contribution in [0.3, 0.4) is 0 Å². The highest BCUT2D eigenvalue weighted by atomic mass is 14.3. The van der Waals surface area contributed by atoms with Crippen molar-refractivity contribution in [3.05, 3.63) is 95.1 Å². The van der Waals surface area contributed by atoms with Crippen LogP contribution in [0, 0.1) is 31.6 Å². The first kappa shape index (κ1) is 34.6. The molecule has 0 atom stereocenters. The average Bonchev–Trinajstić information content (AvgIpc) is 2.76. The minimum absolute atomic E-state index is 0.215. The summed E-state index contributed by atoms with van der Waals surface area (Å²) in [6.07, 6.45) is 10.6. The van der Waals surface area contributed by atoms with Crippen LogP contribution < -0.4 is 0 Å². The molecule has 0 amide bonds. The number of terminal acetylenes is 1. The molecule has 2 aromatic rings. The van der Waals surface area contributed by atoms with Gasteiger partial charge in [0, 0.05) is 5.56 Å². The first-order valence-corrected chi connectivity index (χ1v) is 13.1. The van der Waals surface area contributed by atoms with Crippen LogP contribution >= 0.6 is 0 Å². The Bertz CT molecular complexity index is 891. The minimum atomic E-state index is 0.215. The number of hydrogen-bond acceptors (Lipinski definition) is 0. The smallest absolute Gasteiger partial charge is 0.0245 e. The van der Waals surface area contributed by atoms with Crippen LogP contribution in [0.15, 0.2) is 72.8 Å². The standard InChI is InChI=1S/C13H18.C10H10.C6H12.C4H8.C2H6/c1-11(2)10-13(3,4)12-8-6-5-7-9-12;1-4-10-6-5-8(2)9(3)7-10;1-6(2)4-3-5-6;1-4(2)3;1-2/h5-9H,1,10H2,2-4H3;1,5-7H,2-3H3;3-5H2,1-2H3;1H2,2-3H3;1-2H3. The molecule has 1 saturated carbocycles. The number of aryl methyl sites for hydroxylation is 2. The highest BCUT2D eigenvalue weighted by molar-refractivity contribution is 5.38. The molecular formula is C35H54. The van der Waals surface area contributed by atoms with Crippen molar-refractivity contribution in [1.29, 1.82) is 0 Å². The molecule has 0 aromatic heterocycles. The van der Waals surface area contributed by atoms with E-state index in [9.17, 15) is 0 Å². The van der Waals surface area contributed by atoms with Gasteiger partial charge in [-0.3, -0.25) is 0 Å². The molecule has 0 heteroatoms. The molecule has 35 heavy (non-hydrogen) atoms. The molecular weight excluding hydrogens is 420 g/mol. The highest BCUT2D eigenvalue weighted by Gasteiger charge is 2.25. The van der Waals surface area contributed by atoms with E-state index in [2.05, 4.69) is 97.9 Å². The molecule has 0 N–H and O–H groups in total. The van der Waals surface area contributed by atoms with Gasteiger partial charge in [-0.05, 0) is 93.5 Å². The van der Waals surface area contributed by atoms with Crippen LogP contribution in [0.1, 0.15) is 110 Å². The van der Waals surface area contributed by atoms with Crippen LogP contribution in [0.25, 0.3) is 0 Å². The fourth-order valence-electron chi connectivity index (χ4n) is 3.46. The molecule has 0 unspecified atom stereocenters. The molecule has 3 rings (SSSR count). The topological polar surface area (TPSA) is 0 Å². The van der Waals surface area contributed by atoms with E-state index >= 15 is 0 Å². The molecule has 0 saturated heterocycles. The SMILES string of the molecule is C#Cc1ccc(C)c(C)c1.C=C(C)C.C=C(C)CC(C)(C)c1ccccc1.CC.CC1(C)CCC1. The Kier molecular flexibility index (Phi) is 17.7. The lowest BCUT2D eigenvalue weighted by Gasteiger charge is -2.33. The summed E-state index contributed by atoms with van der Waals surface area (Å²) in [6, 6.07) is 16.6. The van der Waals surface area contributed by atoms with Crippen molar-refractivity contribution in [1.82, 2.24) is 0 Å². The Balaban J connectivity index is 0. The van der Waals surface area contributed by atoms with Gasteiger partial charge in [0.05, 0.1) is 0 Å². The molecule has 0 bridgehead atoms. The second-order valence-electron chi connectivity index (χ2n) is 11.1. The first-order chi connectivity index (χ1) is 16.2. The number of allylic oxidation sites excluding steroid dienone is 2. The van der Waals surface area contributed by atoms with Crippen molar-refractivity contribution < 1.29 is 0 Å². The van der Waals surface area contributed by atoms with E-state index in [4.69, 9.17) is 6.42 Å². The van der Waals surface area contributed by atoms with Gasteiger partial charge in [0.1, 0.15) is 0 Å². The molecule has 1 fully saturated rings. The van der Waals surface area contributed by atoms with E-state index in [-0.39, 0.29) is 5.41 Å². The van der Waals surface area contributed by atoms with Crippen LogP contribution in [-0.2, 0) is 5.41 Å². The Hall–Kier alpha value is -2.52. The van der Waals surface area contributed by atoms with Crippen molar-refractivity contribution in [2.75, 3.05) is 0 Å². The van der Waals surface area contributed by atoms with E-state index in [1.54, 1.807) is 0 Å². The van der Waals surface area contributed by atoms with E-state index in [1.165, 1.54) is 47.1 Å². The van der Waals surface area contributed by atoms with Gasteiger partial charge in [0.15, 0.2) is 0 Å². The van der Waals surface area contributed by atoms with E-state index in [0.717, 1.165) is 17.4 Å². The van der Waals surface area contributed by atoms with E-state index < -0.39 is 0 Å². The zero-order valence-electron chi connectivity index (χ0n) is 24.9. The predicted octanol–water partition coefficient (Wildman–Crippen LogP) is 11.0. The molecule has 0 aliphatic heterocycles. The van der Waals surface area contributed by atoms with Crippen molar-refractivity contribution in [3.63, 3.8) is 0 Å². The minimum Gasteiger partial charge on any atom is -0.115 e. The first-order valence-electron chi connectivity index (χ1n) is 13.1. The lowest BCUT2D eigenvalue weighted by atomic mass is 9.72. The maximum Gasteiger partial charge on any atom is 0.0245 e. The summed E-state index contributed by atoms with van der Waals surface area (Å²) in [4.78, 5) is 0. The molecule has 0 heterocycles. The highest BCUT2D eigenvalue weighted by Crippen LogP contribution is 2.38. The van der Waals surface area contributed by atoms with Gasteiger partial charge in [-0.25, -0.2) is 0 Å². The summed E-state index contributed by atoms with van der Waals surface area (Å²) in [7, 11) is 0. The van der Waals surface area contributed by atoms with Crippen LogP contribution in [0.5, 0.6) is 0 Å². The van der Waals surface area contributed by atoms with Gasteiger partial charge >= 0.3 is 0 Å². The normalized spacial score (nSPS) is 12.6. The molecule has 2 aromatic carbocycles. The summed E-state index contributed by atoms with van der Waals surface area (Å²) < 4.78 is 0. The summed E-state index contributed by atoms with van der Waals surface area (Å²) in [5, 5.41) is 0. The Labute approximate surface area is 220 Å². The van der Waals surface area contributed by atoms with Gasteiger partial charge < -0.3 is 0 Å². The number of hydrogen-bond donors (Lipinski definition) is 0. The third-order valence-electron chi connectivity index (χ3n) is 5.68. The van der Waals surface area contributed by atoms with Crippen LogP contribution in [0.4, 0.5) is 0 Å². The summed E-state index contributed by atoms with van der Waals surface area (Å²) in [6.45, 7) is 30.9. The fraction of sp³-hybridized carbons (Fsp3) is 0.486. The summed E-state index contributed by atoms with van der Waals surface area (Å²) in [5.74, 6) is 2.60. The predicted molar refractivity (Wildman–Crippen MR) is 162 cm³/mol. The van der Waals surface area contributed by atoms with Gasteiger partial charge in [0.2, 0.25) is 0 Å². The Morgan fingerprint density at radius 1 is 0.914 bits per heavy atom. The van der Waals surface area contributed by atoms with E-state index in [0.29, 0.717) is 0 Å². The van der Waals surface area contributed by atoms with Crippen LogP contribution in [-0.4, -0.2) is 0 Å². The van der Waals surface area contributed by atoms with Crippen molar-refractivity contribution >= 4 is 0 Å². The molecule has 0 nitrogen and oxygen atoms in total. The molecule has 1 aliphatic rings. The Morgan fingerprint density at radius 3 is 1.69 bits per heavy atom. The van der Waals surface area contributed by atoms with Crippen molar-refractivity contribution in [2.24, 2.45) is 5.41 Å². The second kappa shape index (κ2) is 17.8. The summed E-state index contributed by atoms with van der Waals surface area (Å²) >= 11 is 0. The monoisotopic (exact) mass is 474 g/mol. The van der Waals surface area contributed by atoms with Crippen molar-refractivity contribution in [3.8, 4) is 12.3 Å². The third kappa shape index (κ3) is 17.6. The van der Waals surface area contributed by atoms with E-state index in [1.807, 2.05) is 45.9 Å². The quantitative estimate of drug-likeness (QED) is 0.306. The molecule has 0 spiro atoms. The maximum absolute atomic E-state index is 5.22. The third-order valence-corrected chi connectivity index (χ3v) is 5.68. The largest absolute Gasteiger partial charge is 0.115 e. The zero-order chi connectivity index (χ0) is 27.7. The molecule has 0 radical (unpaired) electrons. The van der Waals surface area contributed by atoms with Gasteiger partial charge in [0.25, 0.3) is 0 Å². The Morgan fingerprint density at radius 2 is 1.37 bits per heavy atom. The van der Waals surface area contributed by atoms with Gasteiger partial charge in [-0.15, -0.1) is 19.6 Å². The molecule has 194 valence electrons. The van der Waals surface area contributed by atoms with Gasteiger partial charge in [-0.1, -0.05) is 101 Å². The van der Waals surface area contributed by atoms with Crippen molar-refractivity contribution in [2.45, 2.75) is 107 Å².